The number of rotatable bonds is 4. The molecule has 1 saturated heterocycles. The van der Waals surface area contributed by atoms with Crippen molar-refractivity contribution in [2.24, 2.45) is 0 Å². The summed E-state index contributed by atoms with van der Waals surface area (Å²) in [7, 11) is 4.33. The molecule has 2 aromatic rings. The van der Waals surface area contributed by atoms with Crippen LogP contribution in [0.3, 0.4) is 0 Å². The van der Waals surface area contributed by atoms with Crippen molar-refractivity contribution >= 4 is 59.1 Å². The quantitative estimate of drug-likeness (QED) is 0.384. The predicted octanol–water partition coefficient (Wildman–Crippen LogP) is 1.96. The molecule has 7 heteroatoms. The number of amides is 2. The van der Waals surface area contributed by atoms with Crippen LogP contribution in [0, 0.1) is 0 Å². The molecular formula is C22H23AsBrN3O2. The number of imide groups is 1. The van der Waals surface area contributed by atoms with Gasteiger partial charge in [-0.25, -0.2) is 0 Å². The first-order valence-corrected chi connectivity index (χ1v) is 12.6. The Morgan fingerprint density at radius 3 is 2.59 bits per heavy atom. The average Bonchev–Trinajstić information content (AvgIpc) is 3.14. The van der Waals surface area contributed by atoms with Gasteiger partial charge in [0.25, 0.3) is 0 Å². The number of carbonyl (C=O) groups excluding carboxylic acids is 2. The Labute approximate surface area is 186 Å². The molecule has 0 aliphatic carbocycles. The SMILES string of the molecule is CN1CCC(N(C)c2ccc([AsH]C=C3C(=O)NC(=O)c4ccc(Br)cc43)cc2)C1. The summed E-state index contributed by atoms with van der Waals surface area (Å²) in [5.41, 5.74) is 3.07. The Morgan fingerprint density at radius 1 is 1.14 bits per heavy atom. The van der Waals surface area contributed by atoms with Crippen LogP contribution in [0.25, 0.3) is 5.57 Å². The molecule has 0 aromatic heterocycles. The monoisotopic (exact) mass is 515 g/mol. The van der Waals surface area contributed by atoms with Crippen LogP contribution in [0.5, 0.6) is 0 Å². The van der Waals surface area contributed by atoms with E-state index in [1.54, 1.807) is 6.07 Å². The molecule has 150 valence electrons. The summed E-state index contributed by atoms with van der Waals surface area (Å²) in [4.78, 5) is 31.2. The molecule has 29 heavy (non-hydrogen) atoms. The second kappa shape index (κ2) is 8.47. The molecular weight excluding hydrogens is 493 g/mol. The minimum absolute atomic E-state index is 0.314. The summed E-state index contributed by atoms with van der Waals surface area (Å²) in [5.74, 6) is -0.648. The van der Waals surface area contributed by atoms with E-state index in [1.165, 1.54) is 16.5 Å². The summed E-state index contributed by atoms with van der Waals surface area (Å²) in [6.07, 6.45) is 1.19. The van der Waals surface area contributed by atoms with E-state index in [0.717, 1.165) is 17.6 Å². The van der Waals surface area contributed by atoms with Crippen molar-refractivity contribution in [2.75, 3.05) is 32.1 Å². The number of carbonyl (C=O) groups is 2. The molecule has 0 radical (unpaired) electrons. The molecule has 0 bridgehead atoms. The van der Waals surface area contributed by atoms with Crippen LogP contribution in [0.1, 0.15) is 22.3 Å². The van der Waals surface area contributed by atoms with Gasteiger partial charge in [-0.1, -0.05) is 0 Å². The van der Waals surface area contributed by atoms with Gasteiger partial charge in [0.05, 0.1) is 0 Å². The van der Waals surface area contributed by atoms with Gasteiger partial charge < -0.3 is 0 Å². The maximum absolute atomic E-state index is 12.4. The molecule has 2 amide bonds. The third kappa shape index (κ3) is 4.35. The Balaban J connectivity index is 1.52. The van der Waals surface area contributed by atoms with Crippen LogP contribution in [-0.2, 0) is 4.79 Å². The molecule has 2 atom stereocenters. The number of benzene rings is 2. The number of halogens is 1. The Kier molecular flexibility index (Phi) is 5.95. The van der Waals surface area contributed by atoms with E-state index in [0.29, 0.717) is 22.7 Å². The van der Waals surface area contributed by atoms with Crippen LogP contribution >= 0.6 is 15.9 Å². The van der Waals surface area contributed by atoms with Crippen molar-refractivity contribution in [3.05, 3.63) is 62.9 Å². The maximum atomic E-state index is 12.4. The predicted molar refractivity (Wildman–Crippen MR) is 122 cm³/mol. The van der Waals surface area contributed by atoms with Gasteiger partial charge in [-0.3, -0.25) is 0 Å². The minimum atomic E-state index is -0.657. The number of likely N-dealkylation sites (N-methyl/N-ethyl adjacent to an activating group) is 2. The average molecular weight is 516 g/mol. The topological polar surface area (TPSA) is 52.6 Å². The first-order valence-electron chi connectivity index (χ1n) is 9.56. The molecule has 1 N–H and O–H groups in total. The standard InChI is InChI=1S/C22H23AsBrN3O2/c1-26-10-9-17(13-26)27(2)16-6-3-14(4-7-16)23-12-20-19-11-15(24)5-8-18(19)21(28)25-22(20)29/h3-8,11-12,17,23H,9-10,13H2,1-2H3,(H,25,28,29). The normalized spacial score (nSPS) is 21.1. The van der Waals surface area contributed by atoms with Crippen LogP contribution in [0.4, 0.5) is 5.69 Å². The second-order valence-corrected chi connectivity index (χ2v) is 10.9. The summed E-state index contributed by atoms with van der Waals surface area (Å²) in [6.45, 7) is 2.25. The molecule has 0 spiro atoms. The molecule has 2 heterocycles. The van der Waals surface area contributed by atoms with Crippen LogP contribution in [0.2, 0.25) is 0 Å². The van der Waals surface area contributed by atoms with E-state index in [2.05, 4.69) is 69.4 Å². The van der Waals surface area contributed by atoms with Crippen molar-refractivity contribution in [1.82, 2.24) is 10.2 Å². The summed E-state index contributed by atoms with van der Waals surface area (Å²) in [6, 6.07) is 14.6. The number of nitrogens with zero attached hydrogens (tertiary/aromatic N) is 2. The number of hydrogen-bond donors (Lipinski definition) is 1. The summed E-state index contributed by atoms with van der Waals surface area (Å²) >= 11 is 2.78. The van der Waals surface area contributed by atoms with E-state index in [1.807, 2.05) is 17.0 Å². The zero-order chi connectivity index (χ0) is 20.5. The van der Waals surface area contributed by atoms with E-state index in [9.17, 15) is 9.59 Å². The number of fused-ring (bicyclic) bond motifs is 1. The Hall–Kier alpha value is -1.88. The second-order valence-electron chi connectivity index (χ2n) is 7.54. The van der Waals surface area contributed by atoms with Gasteiger partial charge in [0.1, 0.15) is 0 Å². The zero-order valence-corrected chi connectivity index (χ0v) is 20.1. The number of hydrogen-bond acceptors (Lipinski definition) is 4. The molecule has 2 aliphatic heterocycles. The van der Waals surface area contributed by atoms with Gasteiger partial charge >= 0.3 is 186 Å². The van der Waals surface area contributed by atoms with Crippen molar-refractivity contribution in [3.8, 4) is 0 Å². The summed E-state index contributed by atoms with van der Waals surface area (Å²) < 4.78 is 2.11. The van der Waals surface area contributed by atoms with Crippen molar-refractivity contribution in [3.63, 3.8) is 0 Å². The van der Waals surface area contributed by atoms with E-state index >= 15 is 0 Å². The fraction of sp³-hybridized carbons (Fsp3) is 0.273. The molecule has 1 fully saturated rings. The molecule has 2 aromatic carbocycles. The Bertz CT molecular complexity index is 990. The van der Waals surface area contributed by atoms with Gasteiger partial charge in [-0.05, 0) is 0 Å². The zero-order valence-electron chi connectivity index (χ0n) is 16.4. The van der Waals surface area contributed by atoms with Crippen molar-refractivity contribution < 1.29 is 9.59 Å². The van der Waals surface area contributed by atoms with Gasteiger partial charge in [0.15, 0.2) is 0 Å². The van der Waals surface area contributed by atoms with Crippen molar-refractivity contribution in [2.45, 2.75) is 12.5 Å². The van der Waals surface area contributed by atoms with E-state index in [4.69, 9.17) is 0 Å². The third-order valence-electron chi connectivity index (χ3n) is 5.56. The van der Waals surface area contributed by atoms with E-state index in [-0.39, 0.29) is 11.8 Å². The molecule has 4 rings (SSSR count). The van der Waals surface area contributed by atoms with E-state index < -0.39 is 15.8 Å². The van der Waals surface area contributed by atoms with Crippen LogP contribution < -0.4 is 14.6 Å². The van der Waals surface area contributed by atoms with Gasteiger partial charge in [0.2, 0.25) is 0 Å². The van der Waals surface area contributed by atoms with Gasteiger partial charge in [-0.15, -0.1) is 0 Å². The van der Waals surface area contributed by atoms with Crippen LogP contribution in [0.15, 0.2) is 51.8 Å². The van der Waals surface area contributed by atoms with Gasteiger partial charge in [-0.2, -0.15) is 0 Å². The molecule has 5 nitrogen and oxygen atoms in total. The molecule has 2 unspecified atom stereocenters. The summed E-state index contributed by atoms with van der Waals surface area (Å²) in [5, 5.41) is 2.45. The molecule has 0 saturated carbocycles. The third-order valence-corrected chi connectivity index (χ3v) is 8.36. The Morgan fingerprint density at radius 2 is 1.90 bits per heavy atom. The fourth-order valence-corrected chi connectivity index (χ4v) is 6.20. The van der Waals surface area contributed by atoms with Crippen LogP contribution in [-0.4, -0.2) is 65.7 Å². The first-order chi connectivity index (χ1) is 13.9. The number of anilines is 1. The first kappa shape index (κ1) is 20.4. The number of likely N-dealkylation sites (tertiary alicyclic amines) is 1. The fourth-order valence-electron chi connectivity index (χ4n) is 3.83. The van der Waals surface area contributed by atoms with Gasteiger partial charge in [0, 0.05) is 0 Å². The molecule has 2 aliphatic rings. The van der Waals surface area contributed by atoms with Crippen molar-refractivity contribution in [1.29, 1.82) is 0 Å². The number of nitrogens with one attached hydrogen (secondary N) is 1.